The zero-order valence-electron chi connectivity index (χ0n) is 11.4. The molecule has 17 heavy (non-hydrogen) atoms. The fourth-order valence-corrected chi connectivity index (χ4v) is 2.99. The van der Waals surface area contributed by atoms with E-state index in [1.165, 1.54) is 19.3 Å². The SMILES string of the molecule is CCC1NC(C)CCC1OCC1CCC(C)O1. The highest BCUT2D eigenvalue weighted by Gasteiger charge is 2.29. The van der Waals surface area contributed by atoms with E-state index in [4.69, 9.17) is 9.47 Å². The first-order valence-electron chi connectivity index (χ1n) is 7.22. The third kappa shape index (κ3) is 3.67. The molecule has 0 spiro atoms. The Bertz CT molecular complexity index is 234. The Morgan fingerprint density at radius 2 is 2.00 bits per heavy atom. The van der Waals surface area contributed by atoms with Crippen LogP contribution in [0, 0.1) is 0 Å². The first-order valence-corrected chi connectivity index (χ1v) is 7.22. The lowest BCUT2D eigenvalue weighted by molar-refractivity contribution is -0.0597. The first-order chi connectivity index (χ1) is 8.19. The minimum Gasteiger partial charge on any atom is -0.374 e. The zero-order valence-corrected chi connectivity index (χ0v) is 11.4. The second-order valence-corrected chi connectivity index (χ2v) is 5.68. The van der Waals surface area contributed by atoms with Crippen molar-refractivity contribution >= 4 is 0 Å². The Morgan fingerprint density at radius 3 is 2.65 bits per heavy atom. The van der Waals surface area contributed by atoms with Gasteiger partial charge in [-0.15, -0.1) is 0 Å². The van der Waals surface area contributed by atoms with Crippen molar-refractivity contribution in [1.29, 1.82) is 0 Å². The minimum absolute atomic E-state index is 0.335. The van der Waals surface area contributed by atoms with Crippen molar-refractivity contribution < 1.29 is 9.47 Å². The van der Waals surface area contributed by atoms with Crippen molar-refractivity contribution in [2.75, 3.05) is 6.61 Å². The molecule has 3 heteroatoms. The molecule has 1 N–H and O–H groups in total. The van der Waals surface area contributed by atoms with Crippen molar-refractivity contribution in [3.63, 3.8) is 0 Å². The van der Waals surface area contributed by atoms with Crippen LogP contribution in [0.2, 0.25) is 0 Å². The van der Waals surface area contributed by atoms with Crippen LogP contribution in [0.3, 0.4) is 0 Å². The van der Waals surface area contributed by atoms with Crippen LogP contribution in [-0.2, 0) is 9.47 Å². The minimum atomic E-state index is 0.335. The van der Waals surface area contributed by atoms with Crippen LogP contribution in [-0.4, -0.2) is 37.0 Å². The van der Waals surface area contributed by atoms with E-state index in [-0.39, 0.29) is 0 Å². The summed E-state index contributed by atoms with van der Waals surface area (Å²) in [5.74, 6) is 0. The topological polar surface area (TPSA) is 30.5 Å². The lowest BCUT2D eigenvalue weighted by atomic mass is 9.95. The van der Waals surface area contributed by atoms with Gasteiger partial charge in [-0.2, -0.15) is 0 Å². The lowest BCUT2D eigenvalue weighted by Crippen LogP contribution is -2.50. The fourth-order valence-electron chi connectivity index (χ4n) is 2.99. The molecule has 0 radical (unpaired) electrons. The molecule has 5 unspecified atom stereocenters. The molecule has 0 aromatic carbocycles. The summed E-state index contributed by atoms with van der Waals surface area (Å²) in [5.41, 5.74) is 0. The van der Waals surface area contributed by atoms with Crippen molar-refractivity contribution in [1.82, 2.24) is 5.32 Å². The van der Waals surface area contributed by atoms with Crippen LogP contribution in [0.25, 0.3) is 0 Å². The summed E-state index contributed by atoms with van der Waals surface area (Å²) >= 11 is 0. The Hall–Kier alpha value is -0.120. The van der Waals surface area contributed by atoms with E-state index >= 15 is 0 Å². The highest BCUT2D eigenvalue weighted by atomic mass is 16.5. The van der Waals surface area contributed by atoms with Gasteiger partial charge in [0.1, 0.15) is 0 Å². The molecule has 2 fully saturated rings. The zero-order chi connectivity index (χ0) is 12.3. The van der Waals surface area contributed by atoms with Gasteiger partial charge in [0.25, 0.3) is 0 Å². The fraction of sp³-hybridized carbons (Fsp3) is 1.00. The Labute approximate surface area is 105 Å². The molecule has 100 valence electrons. The Balaban J connectivity index is 1.74. The van der Waals surface area contributed by atoms with Gasteiger partial charge in [-0.3, -0.25) is 0 Å². The molecule has 5 atom stereocenters. The lowest BCUT2D eigenvalue weighted by Gasteiger charge is -2.36. The molecule has 2 heterocycles. The van der Waals surface area contributed by atoms with E-state index in [0.29, 0.717) is 30.4 Å². The molecule has 2 aliphatic rings. The maximum absolute atomic E-state index is 6.08. The molecule has 2 aliphatic heterocycles. The molecule has 0 saturated carbocycles. The molecule has 0 amide bonds. The molecule has 0 aliphatic carbocycles. The normalized spacial score (nSPS) is 42.9. The maximum Gasteiger partial charge on any atom is 0.0813 e. The summed E-state index contributed by atoms with van der Waals surface area (Å²) < 4.78 is 11.9. The number of hydrogen-bond donors (Lipinski definition) is 1. The maximum atomic E-state index is 6.08. The van der Waals surface area contributed by atoms with E-state index < -0.39 is 0 Å². The van der Waals surface area contributed by atoms with E-state index in [1.807, 2.05) is 0 Å². The van der Waals surface area contributed by atoms with Crippen LogP contribution in [0.5, 0.6) is 0 Å². The van der Waals surface area contributed by atoms with Gasteiger partial charge in [-0.25, -0.2) is 0 Å². The highest BCUT2D eigenvalue weighted by molar-refractivity contribution is 4.85. The van der Waals surface area contributed by atoms with Crippen molar-refractivity contribution in [2.24, 2.45) is 0 Å². The smallest absolute Gasteiger partial charge is 0.0813 e. The molecule has 2 saturated heterocycles. The standard InChI is InChI=1S/C14H27NO2/c1-4-13-14(8-5-10(2)15-13)16-9-12-7-6-11(3)17-12/h10-15H,4-9H2,1-3H3. The van der Waals surface area contributed by atoms with Gasteiger partial charge in [0.2, 0.25) is 0 Å². The van der Waals surface area contributed by atoms with Crippen LogP contribution in [0.4, 0.5) is 0 Å². The van der Waals surface area contributed by atoms with Gasteiger partial charge in [0.05, 0.1) is 24.9 Å². The number of nitrogens with one attached hydrogen (secondary N) is 1. The second-order valence-electron chi connectivity index (χ2n) is 5.68. The van der Waals surface area contributed by atoms with Gasteiger partial charge in [-0.1, -0.05) is 6.92 Å². The largest absolute Gasteiger partial charge is 0.374 e. The third-order valence-electron chi connectivity index (χ3n) is 4.09. The average molecular weight is 241 g/mol. The molecular weight excluding hydrogens is 214 g/mol. The predicted molar refractivity (Wildman–Crippen MR) is 69.2 cm³/mol. The monoisotopic (exact) mass is 241 g/mol. The summed E-state index contributed by atoms with van der Waals surface area (Å²) in [5, 5.41) is 3.63. The van der Waals surface area contributed by atoms with Crippen LogP contribution in [0.15, 0.2) is 0 Å². The number of rotatable bonds is 4. The van der Waals surface area contributed by atoms with Crippen molar-refractivity contribution in [3.8, 4) is 0 Å². The summed E-state index contributed by atoms with van der Waals surface area (Å²) in [6.45, 7) is 7.43. The van der Waals surface area contributed by atoms with Crippen molar-refractivity contribution in [3.05, 3.63) is 0 Å². The van der Waals surface area contributed by atoms with Gasteiger partial charge in [0.15, 0.2) is 0 Å². The number of piperidine rings is 1. The van der Waals surface area contributed by atoms with E-state index in [9.17, 15) is 0 Å². The van der Waals surface area contributed by atoms with Gasteiger partial charge >= 0.3 is 0 Å². The van der Waals surface area contributed by atoms with Gasteiger partial charge in [0, 0.05) is 12.1 Å². The highest BCUT2D eigenvalue weighted by Crippen LogP contribution is 2.23. The van der Waals surface area contributed by atoms with Gasteiger partial charge < -0.3 is 14.8 Å². The quantitative estimate of drug-likeness (QED) is 0.820. The Kier molecular flexibility index (Phi) is 4.83. The number of ether oxygens (including phenoxy) is 2. The van der Waals surface area contributed by atoms with Crippen LogP contribution in [0.1, 0.15) is 52.9 Å². The molecule has 2 rings (SSSR count). The van der Waals surface area contributed by atoms with Gasteiger partial charge in [-0.05, 0) is 46.0 Å². The van der Waals surface area contributed by atoms with E-state index in [0.717, 1.165) is 19.4 Å². The Morgan fingerprint density at radius 1 is 1.18 bits per heavy atom. The van der Waals surface area contributed by atoms with Crippen LogP contribution >= 0.6 is 0 Å². The molecule has 0 bridgehead atoms. The third-order valence-corrected chi connectivity index (χ3v) is 4.09. The molecule has 0 aromatic heterocycles. The van der Waals surface area contributed by atoms with E-state index in [1.54, 1.807) is 0 Å². The predicted octanol–water partition coefficient (Wildman–Crippen LogP) is 2.49. The molecular formula is C14H27NO2. The average Bonchev–Trinajstić information content (AvgIpc) is 2.73. The van der Waals surface area contributed by atoms with Crippen LogP contribution < -0.4 is 5.32 Å². The van der Waals surface area contributed by atoms with Crippen molar-refractivity contribution in [2.45, 2.75) is 83.3 Å². The summed E-state index contributed by atoms with van der Waals surface area (Å²) in [4.78, 5) is 0. The van der Waals surface area contributed by atoms with E-state index in [2.05, 4.69) is 26.1 Å². The number of hydrogen-bond acceptors (Lipinski definition) is 3. The summed E-state index contributed by atoms with van der Waals surface area (Å²) in [6.07, 6.45) is 7.06. The second kappa shape index (κ2) is 6.17. The molecule has 0 aromatic rings. The first kappa shape index (κ1) is 13.3. The summed E-state index contributed by atoms with van der Waals surface area (Å²) in [7, 11) is 0. The molecule has 3 nitrogen and oxygen atoms in total. The summed E-state index contributed by atoms with van der Waals surface area (Å²) in [6, 6.07) is 1.17.